The summed E-state index contributed by atoms with van der Waals surface area (Å²) in [4.78, 5) is 23.2. The highest BCUT2D eigenvalue weighted by molar-refractivity contribution is 5.78. The number of aryl methyl sites for hydroxylation is 2. The molecule has 0 unspecified atom stereocenters. The topological polar surface area (TPSA) is 75.6 Å². The first-order chi connectivity index (χ1) is 10.9. The molecule has 2 rings (SSSR count). The molecular formula is C18H25NO4. The smallest absolute Gasteiger partial charge is 0.305 e. The van der Waals surface area contributed by atoms with Gasteiger partial charge in [0.15, 0.2) is 0 Å². The van der Waals surface area contributed by atoms with Crippen molar-refractivity contribution in [2.24, 2.45) is 0 Å². The van der Waals surface area contributed by atoms with E-state index in [4.69, 9.17) is 9.84 Å². The Morgan fingerprint density at radius 1 is 1.26 bits per heavy atom. The van der Waals surface area contributed by atoms with Gasteiger partial charge in [-0.15, -0.1) is 0 Å². The lowest BCUT2D eigenvalue weighted by Crippen LogP contribution is -2.48. The number of amides is 1. The molecule has 1 saturated carbocycles. The van der Waals surface area contributed by atoms with Crippen LogP contribution in [-0.2, 0) is 9.59 Å². The molecule has 0 aromatic heterocycles. The van der Waals surface area contributed by atoms with Gasteiger partial charge in [0.05, 0.1) is 25.0 Å². The van der Waals surface area contributed by atoms with Crippen molar-refractivity contribution in [2.75, 3.05) is 6.61 Å². The SMILES string of the molecule is Cc1ccc(C)c(OCCC(=O)NC2(CC(=O)O)CCCC2)c1. The van der Waals surface area contributed by atoms with Gasteiger partial charge in [0.2, 0.25) is 5.91 Å². The zero-order chi connectivity index (χ0) is 16.9. The van der Waals surface area contributed by atoms with E-state index in [-0.39, 0.29) is 18.7 Å². The zero-order valence-corrected chi connectivity index (χ0v) is 13.9. The molecule has 0 spiro atoms. The fraction of sp³-hybridized carbons (Fsp3) is 0.556. The molecule has 1 aromatic carbocycles. The number of rotatable bonds is 7. The zero-order valence-electron chi connectivity index (χ0n) is 13.9. The van der Waals surface area contributed by atoms with Gasteiger partial charge in [-0.25, -0.2) is 0 Å². The van der Waals surface area contributed by atoms with Crippen LogP contribution in [0.2, 0.25) is 0 Å². The summed E-state index contributed by atoms with van der Waals surface area (Å²) in [7, 11) is 0. The number of carbonyl (C=O) groups excluding carboxylic acids is 1. The van der Waals surface area contributed by atoms with Crippen LogP contribution in [0.1, 0.15) is 49.7 Å². The maximum Gasteiger partial charge on any atom is 0.305 e. The highest BCUT2D eigenvalue weighted by atomic mass is 16.5. The Labute approximate surface area is 137 Å². The van der Waals surface area contributed by atoms with E-state index in [2.05, 4.69) is 5.32 Å². The number of benzene rings is 1. The first-order valence-corrected chi connectivity index (χ1v) is 8.13. The number of hydrogen-bond donors (Lipinski definition) is 2. The second kappa shape index (κ2) is 7.49. The Morgan fingerprint density at radius 3 is 2.61 bits per heavy atom. The minimum atomic E-state index is -0.862. The summed E-state index contributed by atoms with van der Waals surface area (Å²) >= 11 is 0. The van der Waals surface area contributed by atoms with Gasteiger partial charge in [-0.1, -0.05) is 25.0 Å². The molecule has 0 atom stereocenters. The Balaban J connectivity index is 1.84. The minimum absolute atomic E-state index is 0.00339. The van der Waals surface area contributed by atoms with Crippen LogP contribution < -0.4 is 10.1 Å². The summed E-state index contributed by atoms with van der Waals surface area (Å²) in [6.45, 7) is 4.25. The van der Waals surface area contributed by atoms with Crippen molar-refractivity contribution in [3.05, 3.63) is 29.3 Å². The van der Waals surface area contributed by atoms with E-state index in [0.29, 0.717) is 6.61 Å². The quantitative estimate of drug-likeness (QED) is 0.810. The van der Waals surface area contributed by atoms with E-state index in [1.807, 2.05) is 32.0 Å². The summed E-state index contributed by atoms with van der Waals surface area (Å²) in [5.41, 5.74) is 1.58. The molecule has 0 aliphatic heterocycles. The fourth-order valence-electron chi connectivity index (χ4n) is 3.16. The molecule has 0 heterocycles. The maximum absolute atomic E-state index is 12.1. The number of hydrogen-bond acceptors (Lipinski definition) is 3. The van der Waals surface area contributed by atoms with Crippen molar-refractivity contribution in [2.45, 2.75) is 57.9 Å². The maximum atomic E-state index is 12.1. The van der Waals surface area contributed by atoms with Crippen LogP contribution >= 0.6 is 0 Å². The van der Waals surface area contributed by atoms with Gasteiger partial charge in [-0.3, -0.25) is 9.59 Å². The molecular weight excluding hydrogens is 294 g/mol. The number of nitrogens with one attached hydrogen (secondary N) is 1. The molecule has 2 N–H and O–H groups in total. The first kappa shape index (κ1) is 17.3. The Bertz CT molecular complexity index is 576. The first-order valence-electron chi connectivity index (χ1n) is 8.13. The number of carboxylic acids is 1. The predicted octanol–water partition coefficient (Wildman–Crippen LogP) is 2.98. The molecule has 1 fully saturated rings. The van der Waals surface area contributed by atoms with Gasteiger partial charge in [0.1, 0.15) is 5.75 Å². The van der Waals surface area contributed by atoms with Gasteiger partial charge in [0, 0.05) is 0 Å². The average molecular weight is 319 g/mol. The second-order valence-corrected chi connectivity index (χ2v) is 6.47. The van der Waals surface area contributed by atoms with Gasteiger partial charge in [-0.05, 0) is 43.9 Å². The monoisotopic (exact) mass is 319 g/mol. The van der Waals surface area contributed by atoms with E-state index in [9.17, 15) is 9.59 Å². The summed E-state index contributed by atoms with van der Waals surface area (Å²) in [5.74, 6) is -0.212. The standard InChI is InChI=1S/C18H25NO4/c1-13-5-6-14(2)15(11-13)23-10-7-16(20)19-18(12-17(21)22)8-3-4-9-18/h5-6,11H,3-4,7-10,12H2,1-2H3,(H,19,20)(H,21,22). The van der Waals surface area contributed by atoms with Crippen LogP contribution in [0, 0.1) is 13.8 Å². The summed E-state index contributed by atoms with van der Waals surface area (Å²) < 4.78 is 5.69. The van der Waals surface area contributed by atoms with Crippen LogP contribution in [0.25, 0.3) is 0 Å². The van der Waals surface area contributed by atoms with E-state index >= 15 is 0 Å². The van der Waals surface area contributed by atoms with Gasteiger partial charge in [0.25, 0.3) is 0 Å². The highest BCUT2D eigenvalue weighted by Crippen LogP contribution is 2.32. The average Bonchev–Trinajstić information content (AvgIpc) is 2.89. The van der Waals surface area contributed by atoms with Crippen molar-refractivity contribution < 1.29 is 19.4 Å². The van der Waals surface area contributed by atoms with Gasteiger partial charge in [-0.2, -0.15) is 0 Å². The molecule has 1 aromatic rings. The van der Waals surface area contributed by atoms with Crippen LogP contribution in [-0.4, -0.2) is 29.1 Å². The van der Waals surface area contributed by atoms with Crippen molar-refractivity contribution in [3.63, 3.8) is 0 Å². The van der Waals surface area contributed by atoms with E-state index < -0.39 is 11.5 Å². The number of aliphatic carboxylic acids is 1. The molecule has 0 radical (unpaired) electrons. The van der Waals surface area contributed by atoms with Crippen LogP contribution in [0.5, 0.6) is 5.75 Å². The third-order valence-electron chi connectivity index (χ3n) is 4.39. The molecule has 5 nitrogen and oxygen atoms in total. The van der Waals surface area contributed by atoms with Gasteiger partial charge < -0.3 is 15.2 Å². The van der Waals surface area contributed by atoms with Crippen molar-refractivity contribution in [1.82, 2.24) is 5.32 Å². The molecule has 1 amide bonds. The van der Waals surface area contributed by atoms with Crippen molar-refractivity contribution in [3.8, 4) is 5.75 Å². The van der Waals surface area contributed by atoms with Crippen molar-refractivity contribution >= 4 is 11.9 Å². The van der Waals surface area contributed by atoms with E-state index in [1.54, 1.807) is 0 Å². The summed E-state index contributed by atoms with van der Waals surface area (Å²) in [6, 6.07) is 5.96. The third-order valence-corrected chi connectivity index (χ3v) is 4.39. The summed E-state index contributed by atoms with van der Waals surface area (Å²) in [6.07, 6.45) is 3.64. The third kappa shape index (κ3) is 4.98. The van der Waals surface area contributed by atoms with Crippen LogP contribution in [0.15, 0.2) is 18.2 Å². The molecule has 126 valence electrons. The normalized spacial score (nSPS) is 16.1. The summed E-state index contributed by atoms with van der Waals surface area (Å²) in [5, 5.41) is 12.0. The largest absolute Gasteiger partial charge is 0.493 e. The Kier molecular flexibility index (Phi) is 5.64. The molecule has 1 aliphatic rings. The minimum Gasteiger partial charge on any atom is -0.493 e. The van der Waals surface area contributed by atoms with E-state index in [0.717, 1.165) is 42.6 Å². The van der Waals surface area contributed by atoms with Gasteiger partial charge >= 0.3 is 5.97 Å². The number of carbonyl (C=O) groups is 2. The molecule has 5 heteroatoms. The Morgan fingerprint density at radius 2 is 1.96 bits per heavy atom. The van der Waals surface area contributed by atoms with E-state index in [1.165, 1.54) is 0 Å². The molecule has 0 saturated heterocycles. The van der Waals surface area contributed by atoms with Crippen molar-refractivity contribution in [1.29, 1.82) is 0 Å². The fourth-order valence-corrected chi connectivity index (χ4v) is 3.16. The van der Waals surface area contributed by atoms with Crippen LogP contribution in [0.4, 0.5) is 0 Å². The molecule has 1 aliphatic carbocycles. The second-order valence-electron chi connectivity index (χ2n) is 6.47. The lowest BCUT2D eigenvalue weighted by Gasteiger charge is -2.28. The Hall–Kier alpha value is -2.04. The van der Waals surface area contributed by atoms with Crippen LogP contribution in [0.3, 0.4) is 0 Å². The predicted molar refractivity (Wildman–Crippen MR) is 87.6 cm³/mol. The molecule has 23 heavy (non-hydrogen) atoms. The number of ether oxygens (including phenoxy) is 1. The lowest BCUT2D eigenvalue weighted by atomic mass is 9.93. The number of carboxylic acid groups (broad SMARTS) is 1. The lowest BCUT2D eigenvalue weighted by molar-refractivity contribution is -0.139. The highest BCUT2D eigenvalue weighted by Gasteiger charge is 2.37. The molecule has 0 bridgehead atoms.